The summed E-state index contributed by atoms with van der Waals surface area (Å²) in [6.45, 7) is 2.21. The summed E-state index contributed by atoms with van der Waals surface area (Å²) in [6, 6.07) is 8.80. The predicted molar refractivity (Wildman–Crippen MR) is 81.6 cm³/mol. The average Bonchev–Trinajstić information content (AvgIpc) is 2.47. The number of hydrogen-bond acceptors (Lipinski definition) is 1. The first-order chi connectivity index (χ1) is 9.25. The van der Waals surface area contributed by atoms with Gasteiger partial charge in [-0.1, -0.05) is 42.0 Å². The molecule has 0 fully saturated rings. The van der Waals surface area contributed by atoms with E-state index in [1.54, 1.807) is 0 Å². The van der Waals surface area contributed by atoms with Crippen molar-refractivity contribution in [3.05, 3.63) is 64.9 Å². The smallest absolute Gasteiger partial charge is 0.0441 e. The standard InChI is InChI=1S/C18H21N/c1-14-10-12-16(13-11-14)19(2)18-9-5-7-15-6-3-4-8-17(15)18/h3-4,6,8-10,12H,5,7,11,13H2,1-2H3. The molecule has 0 amide bonds. The van der Waals surface area contributed by atoms with Crippen LogP contribution in [0.5, 0.6) is 0 Å². The molecule has 0 spiro atoms. The monoisotopic (exact) mass is 251 g/mol. The molecule has 98 valence electrons. The predicted octanol–water partition coefficient (Wildman–Crippen LogP) is 4.53. The highest BCUT2D eigenvalue weighted by Crippen LogP contribution is 2.32. The summed E-state index contributed by atoms with van der Waals surface area (Å²) in [5.74, 6) is 0. The zero-order chi connectivity index (χ0) is 13.2. The van der Waals surface area contributed by atoms with Crippen molar-refractivity contribution in [2.45, 2.75) is 32.6 Å². The number of rotatable bonds is 2. The van der Waals surface area contributed by atoms with Crippen molar-refractivity contribution < 1.29 is 0 Å². The van der Waals surface area contributed by atoms with E-state index < -0.39 is 0 Å². The van der Waals surface area contributed by atoms with E-state index in [4.69, 9.17) is 0 Å². The maximum absolute atomic E-state index is 2.38. The highest BCUT2D eigenvalue weighted by atomic mass is 15.1. The van der Waals surface area contributed by atoms with Gasteiger partial charge in [-0.3, -0.25) is 0 Å². The topological polar surface area (TPSA) is 3.24 Å². The summed E-state index contributed by atoms with van der Waals surface area (Å²) < 4.78 is 0. The van der Waals surface area contributed by atoms with E-state index in [1.807, 2.05) is 0 Å². The molecule has 1 heteroatoms. The Morgan fingerprint density at radius 1 is 1.00 bits per heavy atom. The molecule has 0 heterocycles. The summed E-state index contributed by atoms with van der Waals surface area (Å²) >= 11 is 0. The molecule has 0 unspecified atom stereocenters. The largest absolute Gasteiger partial charge is 0.348 e. The number of benzene rings is 1. The lowest BCUT2D eigenvalue weighted by Gasteiger charge is -2.30. The van der Waals surface area contributed by atoms with Crippen molar-refractivity contribution in [1.82, 2.24) is 4.90 Å². The van der Waals surface area contributed by atoms with Crippen LogP contribution in [0.4, 0.5) is 0 Å². The molecule has 1 aromatic rings. The van der Waals surface area contributed by atoms with Gasteiger partial charge in [-0.05, 0) is 44.2 Å². The fourth-order valence-electron chi connectivity index (χ4n) is 2.94. The highest BCUT2D eigenvalue weighted by molar-refractivity contribution is 5.70. The molecule has 1 aromatic carbocycles. The fraction of sp³-hybridized carbons (Fsp3) is 0.333. The van der Waals surface area contributed by atoms with Crippen molar-refractivity contribution in [2.24, 2.45) is 0 Å². The number of fused-ring (bicyclic) bond motifs is 1. The van der Waals surface area contributed by atoms with Crippen LogP contribution in [-0.4, -0.2) is 11.9 Å². The average molecular weight is 251 g/mol. The van der Waals surface area contributed by atoms with Crippen LogP contribution in [0.25, 0.3) is 5.70 Å². The van der Waals surface area contributed by atoms with Gasteiger partial charge in [-0.2, -0.15) is 0 Å². The quantitative estimate of drug-likeness (QED) is 0.746. The number of aryl methyl sites for hydroxylation is 1. The van der Waals surface area contributed by atoms with E-state index in [0.717, 1.165) is 12.8 Å². The molecule has 0 aromatic heterocycles. The van der Waals surface area contributed by atoms with Crippen LogP contribution in [0.15, 0.2) is 53.8 Å². The molecular formula is C18H21N. The SMILES string of the molecule is CC1=CC=C(N(C)C2=CCCc3ccccc32)CC1. The van der Waals surface area contributed by atoms with E-state index in [9.17, 15) is 0 Å². The maximum atomic E-state index is 2.38. The third-order valence-electron chi connectivity index (χ3n) is 4.17. The van der Waals surface area contributed by atoms with Crippen LogP contribution in [0.2, 0.25) is 0 Å². The minimum absolute atomic E-state index is 1.15. The molecule has 0 atom stereocenters. The van der Waals surface area contributed by atoms with E-state index in [0.29, 0.717) is 0 Å². The fourth-order valence-corrected chi connectivity index (χ4v) is 2.94. The molecule has 2 aliphatic carbocycles. The normalized spacial score (nSPS) is 18.1. The van der Waals surface area contributed by atoms with Gasteiger partial charge in [-0.25, -0.2) is 0 Å². The second kappa shape index (κ2) is 5.08. The first-order valence-corrected chi connectivity index (χ1v) is 7.14. The summed E-state index contributed by atoms with van der Waals surface area (Å²) in [5.41, 5.74) is 7.17. The molecule has 1 nitrogen and oxygen atoms in total. The van der Waals surface area contributed by atoms with Gasteiger partial charge < -0.3 is 4.90 Å². The van der Waals surface area contributed by atoms with Crippen molar-refractivity contribution in [2.75, 3.05) is 7.05 Å². The molecule has 0 saturated carbocycles. The van der Waals surface area contributed by atoms with E-state index >= 15 is 0 Å². The molecule has 0 aliphatic heterocycles. The summed E-state index contributed by atoms with van der Waals surface area (Å²) in [6.07, 6.45) is 11.6. The third-order valence-corrected chi connectivity index (χ3v) is 4.17. The molecule has 3 rings (SSSR count). The van der Waals surface area contributed by atoms with E-state index in [-0.39, 0.29) is 0 Å². The Bertz CT molecular complexity index is 575. The molecule has 2 aliphatic rings. The lowest BCUT2D eigenvalue weighted by atomic mass is 9.93. The van der Waals surface area contributed by atoms with Gasteiger partial charge in [0.25, 0.3) is 0 Å². The molecule has 0 saturated heterocycles. The van der Waals surface area contributed by atoms with Gasteiger partial charge >= 0.3 is 0 Å². The minimum Gasteiger partial charge on any atom is -0.348 e. The van der Waals surface area contributed by atoms with Gasteiger partial charge in [-0.15, -0.1) is 0 Å². The number of nitrogens with zero attached hydrogens (tertiary/aromatic N) is 1. The summed E-state index contributed by atoms with van der Waals surface area (Å²) in [7, 11) is 2.20. The zero-order valence-corrected chi connectivity index (χ0v) is 11.8. The van der Waals surface area contributed by atoms with Gasteiger partial charge in [0.05, 0.1) is 0 Å². The molecular weight excluding hydrogens is 230 g/mol. The van der Waals surface area contributed by atoms with Crippen LogP contribution in [-0.2, 0) is 6.42 Å². The maximum Gasteiger partial charge on any atom is 0.0441 e. The van der Waals surface area contributed by atoms with Crippen LogP contribution >= 0.6 is 0 Å². The van der Waals surface area contributed by atoms with E-state index in [2.05, 4.69) is 61.4 Å². The Morgan fingerprint density at radius 3 is 2.63 bits per heavy atom. The third kappa shape index (κ3) is 2.37. The number of allylic oxidation sites excluding steroid dienone is 5. The first kappa shape index (κ1) is 12.3. The Kier molecular flexibility index (Phi) is 3.29. The van der Waals surface area contributed by atoms with Gasteiger partial charge in [0, 0.05) is 24.0 Å². The Balaban J connectivity index is 1.92. The molecule has 0 N–H and O–H groups in total. The van der Waals surface area contributed by atoms with Gasteiger partial charge in [0.15, 0.2) is 0 Å². The van der Waals surface area contributed by atoms with Crippen LogP contribution in [0.3, 0.4) is 0 Å². The van der Waals surface area contributed by atoms with Crippen molar-refractivity contribution in [3.8, 4) is 0 Å². The Labute approximate surface area is 115 Å². The molecule has 0 bridgehead atoms. The molecule has 0 radical (unpaired) electrons. The lowest BCUT2D eigenvalue weighted by Crippen LogP contribution is -2.20. The second-order valence-corrected chi connectivity index (χ2v) is 5.52. The van der Waals surface area contributed by atoms with Crippen LogP contribution in [0, 0.1) is 0 Å². The minimum atomic E-state index is 1.15. The summed E-state index contributed by atoms with van der Waals surface area (Å²) in [4.78, 5) is 2.38. The van der Waals surface area contributed by atoms with E-state index in [1.165, 1.54) is 40.9 Å². The summed E-state index contributed by atoms with van der Waals surface area (Å²) in [5, 5.41) is 0. The molecule has 19 heavy (non-hydrogen) atoms. The van der Waals surface area contributed by atoms with Gasteiger partial charge in [0.2, 0.25) is 0 Å². The first-order valence-electron chi connectivity index (χ1n) is 7.14. The number of hydrogen-bond donors (Lipinski definition) is 0. The van der Waals surface area contributed by atoms with Crippen molar-refractivity contribution >= 4 is 5.70 Å². The van der Waals surface area contributed by atoms with Crippen molar-refractivity contribution in [1.29, 1.82) is 0 Å². The lowest BCUT2D eigenvalue weighted by molar-refractivity contribution is 0.551. The zero-order valence-electron chi connectivity index (χ0n) is 11.8. The Morgan fingerprint density at radius 2 is 1.84 bits per heavy atom. The Hall–Kier alpha value is -1.76. The highest BCUT2D eigenvalue weighted by Gasteiger charge is 2.18. The van der Waals surface area contributed by atoms with Crippen LogP contribution in [0.1, 0.15) is 37.3 Å². The van der Waals surface area contributed by atoms with Crippen molar-refractivity contribution in [3.63, 3.8) is 0 Å². The van der Waals surface area contributed by atoms with Crippen LogP contribution < -0.4 is 0 Å². The van der Waals surface area contributed by atoms with Gasteiger partial charge in [0.1, 0.15) is 0 Å². The second-order valence-electron chi connectivity index (χ2n) is 5.52.